The number of halogens is 1. The number of hydrogen-bond acceptors (Lipinski definition) is 3. The summed E-state index contributed by atoms with van der Waals surface area (Å²) in [5, 5.41) is 0. The molecule has 0 aliphatic carbocycles. The number of aryl methyl sites for hydroxylation is 1. The zero-order valence-corrected chi connectivity index (χ0v) is 14.9. The topological polar surface area (TPSA) is 37.4 Å². The van der Waals surface area contributed by atoms with Crippen LogP contribution in [0.15, 0.2) is 39.0 Å². The molecule has 1 aromatic heterocycles. The van der Waals surface area contributed by atoms with Crippen LogP contribution >= 0.6 is 27.3 Å². The molecule has 2 heterocycles. The third-order valence-electron chi connectivity index (χ3n) is 3.84. The number of fused-ring (bicyclic) bond motifs is 1. The number of hydrogen-bond donors (Lipinski definition) is 0. The molecule has 0 spiro atoms. The Hall–Kier alpha value is -0.690. The van der Waals surface area contributed by atoms with E-state index in [1.165, 1.54) is 22.5 Å². The average molecular weight is 386 g/mol. The van der Waals surface area contributed by atoms with Gasteiger partial charge < -0.3 is 0 Å². The van der Waals surface area contributed by atoms with Crippen molar-refractivity contribution in [1.29, 1.82) is 0 Å². The van der Waals surface area contributed by atoms with Crippen molar-refractivity contribution in [3.63, 3.8) is 0 Å². The van der Waals surface area contributed by atoms with Crippen molar-refractivity contribution in [2.75, 3.05) is 13.1 Å². The average Bonchev–Trinajstić information content (AvgIpc) is 2.68. The molecule has 1 aliphatic rings. The lowest BCUT2D eigenvalue weighted by Crippen LogP contribution is -2.33. The minimum Gasteiger partial charge on any atom is -0.207 e. The summed E-state index contributed by atoms with van der Waals surface area (Å²) in [5.41, 5.74) is 2.52. The van der Waals surface area contributed by atoms with E-state index in [-0.39, 0.29) is 0 Å². The third-order valence-corrected chi connectivity index (χ3v) is 7.55. The Balaban J connectivity index is 1.90. The number of rotatable bonds is 2. The van der Waals surface area contributed by atoms with Gasteiger partial charge in [-0.3, -0.25) is 0 Å². The molecule has 0 saturated heterocycles. The molecular formula is C15H16BrNO2S2. The predicted molar refractivity (Wildman–Crippen MR) is 89.4 cm³/mol. The van der Waals surface area contributed by atoms with Crippen LogP contribution in [-0.4, -0.2) is 25.8 Å². The van der Waals surface area contributed by atoms with Gasteiger partial charge in [0.1, 0.15) is 0 Å². The molecule has 2 aromatic rings. The summed E-state index contributed by atoms with van der Waals surface area (Å²) in [5.74, 6) is 0. The molecule has 0 amide bonds. The van der Waals surface area contributed by atoms with Crippen LogP contribution in [-0.2, 0) is 22.9 Å². The highest BCUT2D eigenvalue weighted by molar-refractivity contribution is 9.11. The standard InChI is InChI=1S/C15H16BrNO2S2/c1-11-14(10-15(16)20-11)21(18,19)17-8-6-12-4-2-3-5-13(12)7-9-17/h2-5,10H,6-9H2,1H3. The van der Waals surface area contributed by atoms with Crippen LogP contribution in [0.5, 0.6) is 0 Å². The lowest BCUT2D eigenvalue weighted by Gasteiger charge is -2.19. The van der Waals surface area contributed by atoms with Crippen molar-refractivity contribution in [2.24, 2.45) is 0 Å². The van der Waals surface area contributed by atoms with Crippen LogP contribution in [0.1, 0.15) is 16.0 Å². The van der Waals surface area contributed by atoms with Crippen LogP contribution < -0.4 is 0 Å². The molecule has 1 aromatic carbocycles. The number of sulfonamides is 1. The Bertz CT molecular complexity index is 741. The molecular weight excluding hydrogens is 370 g/mol. The van der Waals surface area contributed by atoms with Crippen LogP contribution in [0, 0.1) is 6.92 Å². The fraction of sp³-hybridized carbons (Fsp3) is 0.333. The summed E-state index contributed by atoms with van der Waals surface area (Å²) in [6.45, 7) is 2.95. The SMILES string of the molecule is Cc1sc(Br)cc1S(=O)(=O)N1CCc2ccccc2CC1. The van der Waals surface area contributed by atoms with Crippen molar-refractivity contribution in [2.45, 2.75) is 24.7 Å². The molecule has 0 unspecified atom stereocenters. The van der Waals surface area contributed by atoms with Gasteiger partial charge in [0.25, 0.3) is 0 Å². The molecule has 21 heavy (non-hydrogen) atoms. The highest BCUT2D eigenvalue weighted by Crippen LogP contribution is 2.32. The van der Waals surface area contributed by atoms with Gasteiger partial charge in [0, 0.05) is 18.0 Å². The maximum atomic E-state index is 12.8. The zero-order valence-electron chi connectivity index (χ0n) is 11.7. The lowest BCUT2D eigenvalue weighted by atomic mass is 10.0. The first-order valence-corrected chi connectivity index (χ1v) is 9.86. The van der Waals surface area contributed by atoms with Crippen LogP contribution in [0.4, 0.5) is 0 Å². The maximum Gasteiger partial charge on any atom is 0.244 e. The summed E-state index contributed by atoms with van der Waals surface area (Å²) < 4.78 is 28.2. The van der Waals surface area contributed by atoms with Crippen LogP contribution in [0.3, 0.4) is 0 Å². The third kappa shape index (κ3) is 2.95. The number of thiophene rings is 1. The number of nitrogens with zero attached hydrogens (tertiary/aromatic N) is 1. The summed E-state index contributed by atoms with van der Waals surface area (Å²) >= 11 is 4.84. The van der Waals surface area contributed by atoms with Gasteiger partial charge in [0.05, 0.1) is 8.68 Å². The van der Waals surface area contributed by atoms with Crippen LogP contribution in [0.2, 0.25) is 0 Å². The summed E-state index contributed by atoms with van der Waals surface area (Å²) in [7, 11) is -3.40. The monoisotopic (exact) mass is 385 g/mol. The first-order valence-electron chi connectivity index (χ1n) is 6.81. The highest BCUT2D eigenvalue weighted by atomic mass is 79.9. The first kappa shape index (κ1) is 15.2. The van der Waals surface area contributed by atoms with E-state index in [2.05, 4.69) is 28.1 Å². The predicted octanol–water partition coefficient (Wildman–Crippen LogP) is 3.61. The van der Waals surface area contributed by atoms with Gasteiger partial charge in [-0.15, -0.1) is 11.3 Å². The van der Waals surface area contributed by atoms with Crippen molar-refractivity contribution < 1.29 is 8.42 Å². The van der Waals surface area contributed by atoms with Crippen molar-refractivity contribution >= 4 is 37.3 Å². The first-order chi connectivity index (χ1) is 9.98. The van der Waals surface area contributed by atoms with Gasteiger partial charge in [0.15, 0.2) is 0 Å². The van der Waals surface area contributed by atoms with E-state index in [1.54, 1.807) is 10.4 Å². The van der Waals surface area contributed by atoms with Gasteiger partial charge in [0.2, 0.25) is 10.0 Å². The Kier molecular flexibility index (Phi) is 4.23. The van der Waals surface area contributed by atoms with Gasteiger partial charge >= 0.3 is 0 Å². The molecule has 0 saturated carbocycles. The Morgan fingerprint density at radius 1 is 1.14 bits per heavy atom. The van der Waals surface area contributed by atoms with E-state index in [1.807, 2.05) is 19.1 Å². The molecule has 112 valence electrons. The minimum atomic E-state index is -3.40. The smallest absolute Gasteiger partial charge is 0.207 e. The largest absolute Gasteiger partial charge is 0.244 e. The second kappa shape index (κ2) is 5.83. The molecule has 0 fully saturated rings. The van der Waals surface area contributed by atoms with Gasteiger partial charge in [-0.1, -0.05) is 24.3 Å². The summed E-state index contributed by atoms with van der Waals surface area (Å²) in [6, 6.07) is 9.94. The normalized spacial score (nSPS) is 16.5. The second-order valence-electron chi connectivity index (χ2n) is 5.14. The summed E-state index contributed by atoms with van der Waals surface area (Å²) in [4.78, 5) is 1.27. The van der Waals surface area contributed by atoms with E-state index in [0.29, 0.717) is 18.0 Å². The van der Waals surface area contributed by atoms with Gasteiger partial charge in [-0.25, -0.2) is 8.42 Å². The van der Waals surface area contributed by atoms with Crippen LogP contribution in [0.25, 0.3) is 0 Å². The quantitative estimate of drug-likeness (QED) is 0.791. The van der Waals surface area contributed by atoms with Crippen molar-refractivity contribution in [1.82, 2.24) is 4.31 Å². The molecule has 3 rings (SSSR count). The molecule has 3 nitrogen and oxygen atoms in total. The molecule has 0 atom stereocenters. The van der Waals surface area contributed by atoms with Crippen molar-refractivity contribution in [3.05, 3.63) is 50.1 Å². The maximum absolute atomic E-state index is 12.8. The zero-order chi connectivity index (χ0) is 15.0. The Morgan fingerprint density at radius 3 is 2.19 bits per heavy atom. The molecule has 6 heteroatoms. The van der Waals surface area contributed by atoms with Crippen molar-refractivity contribution in [3.8, 4) is 0 Å². The van der Waals surface area contributed by atoms with Gasteiger partial charge in [-0.05, 0) is 52.9 Å². The van der Waals surface area contributed by atoms with E-state index in [0.717, 1.165) is 21.5 Å². The molecule has 0 N–H and O–H groups in total. The molecule has 1 aliphatic heterocycles. The van der Waals surface area contributed by atoms with E-state index in [9.17, 15) is 8.42 Å². The second-order valence-corrected chi connectivity index (χ2v) is 9.69. The highest BCUT2D eigenvalue weighted by Gasteiger charge is 2.28. The fourth-order valence-corrected chi connectivity index (χ4v) is 6.54. The Labute approximate surface area is 137 Å². The molecule has 0 radical (unpaired) electrons. The Morgan fingerprint density at radius 2 is 1.71 bits per heavy atom. The van der Waals surface area contributed by atoms with E-state index < -0.39 is 10.0 Å². The molecule has 0 bridgehead atoms. The minimum absolute atomic E-state index is 0.435. The lowest BCUT2D eigenvalue weighted by molar-refractivity contribution is 0.426. The van der Waals surface area contributed by atoms with Gasteiger partial charge in [-0.2, -0.15) is 4.31 Å². The van der Waals surface area contributed by atoms with E-state index in [4.69, 9.17) is 0 Å². The fourth-order valence-electron chi connectivity index (χ4n) is 2.71. The summed E-state index contributed by atoms with van der Waals surface area (Å²) in [6.07, 6.45) is 1.56. The number of benzene rings is 1. The van der Waals surface area contributed by atoms with E-state index >= 15 is 0 Å².